The van der Waals surface area contributed by atoms with Crippen molar-refractivity contribution in [2.24, 2.45) is 0 Å². The Hall–Kier alpha value is -2.64. The van der Waals surface area contributed by atoms with Crippen molar-refractivity contribution in [3.63, 3.8) is 0 Å². The smallest absolute Gasteiger partial charge is 0.226 e. The number of imidazole rings is 1. The van der Waals surface area contributed by atoms with Crippen molar-refractivity contribution < 1.29 is 14.3 Å². The molecule has 0 spiro atoms. The van der Waals surface area contributed by atoms with Crippen molar-refractivity contribution in [1.29, 1.82) is 0 Å². The quantitative estimate of drug-likeness (QED) is 0.276. The molecular formula is C19H24N4O3. The maximum atomic E-state index is 12.3. The molecule has 7 nitrogen and oxygen atoms in total. The van der Waals surface area contributed by atoms with Gasteiger partial charge in [-0.05, 0) is 26.3 Å². The van der Waals surface area contributed by atoms with Crippen LogP contribution < -0.4 is 10.2 Å². The second-order valence-corrected chi connectivity index (χ2v) is 6.11. The highest BCUT2D eigenvalue weighted by Crippen LogP contribution is 2.24. The van der Waals surface area contributed by atoms with Crippen molar-refractivity contribution in [3.05, 3.63) is 53.8 Å². The summed E-state index contributed by atoms with van der Waals surface area (Å²) in [6, 6.07) is 7.57. The van der Waals surface area contributed by atoms with Crippen LogP contribution >= 0.6 is 0 Å². The highest BCUT2D eigenvalue weighted by molar-refractivity contribution is 6.00. The number of allylic oxidation sites excluding steroid dienone is 1. The number of fused-ring (bicyclic) bond motifs is 3. The van der Waals surface area contributed by atoms with E-state index in [0.717, 1.165) is 33.6 Å². The first-order valence-corrected chi connectivity index (χ1v) is 8.73. The van der Waals surface area contributed by atoms with Gasteiger partial charge in [-0.2, -0.15) is 4.73 Å². The molecule has 0 radical (unpaired) electrons. The molecule has 0 saturated heterocycles. The molecule has 2 heterocycles. The van der Waals surface area contributed by atoms with E-state index >= 15 is 0 Å². The van der Waals surface area contributed by atoms with Crippen molar-refractivity contribution >= 4 is 21.9 Å². The van der Waals surface area contributed by atoms with E-state index in [-0.39, 0.29) is 0 Å². The van der Waals surface area contributed by atoms with Crippen LogP contribution in [0, 0.1) is 5.21 Å². The predicted molar refractivity (Wildman–Crippen MR) is 100 cm³/mol. The fourth-order valence-electron chi connectivity index (χ4n) is 2.95. The Labute approximate surface area is 152 Å². The van der Waals surface area contributed by atoms with Crippen LogP contribution in [0.5, 0.6) is 0 Å². The molecule has 0 bridgehead atoms. The van der Waals surface area contributed by atoms with Gasteiger partial charge in [-0.3, -0.25) is 10.3 Å². The summed E-state index contributed by atoms with van der Waals surface area (Å²) in [5.74, 6) is 0.811. The predicted octanol–water partition coefficient (Wildman–Crippen LogP) is 2.80. The number of hydroxylamine groups is 1. The number of ether oxygens (including phenoxy) is 1. The molecule has 7 heteroatoms. The molecule has 0 aliphatic carbocycles. The molecule has 0 fully saturated rings. The Morgan fingerprint density at radius 1 is 1.38 bits per heavy atom. The third-order valence-electron chi connectivity index (χ3n) is 4.02. The topological polar surface area (TPSA) is 75.2 Å². The molecule has 3 rings (SSSR count). The van der Waals surface area contributed by atoms with E-state index in [2.05, 4.69) is 21.6 Å². The molecule has 0 unspecified atom stereocenters. The molecule has 0 aliphatic heterocycles. The Kier molecular flexibility index (Phi) is 5.70. The van der Waals surface area contributed by atoms with Gasteiger partial charge in [-0.15, -0.1) is 0 Å². The Balaban J connectivity index is 1.96. The van der Waals surface area contributed by atoms with E-state index < -0.39 is 0 Å². The SMILES string of the molecule is C=C(C)NOCCCn1c(COCC)nc2c[n+]([O-])c3ccccc3c21. The van der Waals surface area contributed by atoms with Crippen LogP contribution in [0.3, 0.4) is 0 Å². The number of benzene rings is 1. The molecule has 2 aromatic heterocycles. The number of nitrogens with zero attached hydrogens (tertiary/aromatic N) is 3. The van der Waals surface area contributed by atoms with Gasteiger partial charge in [0.25, 0.3) is 0 Å². The number of hydrogen-bond acceptors (Lipinski definition) is 5. The minimum absolute atomic E-state index is 0.406. The van der Waals surface area contributed by atoms with E-state index in [9.17, 15) is 5.21 Å². The van der Waals surface area contributed by atoms with E-state index in [4.69, 9.17) is 9.57 Å². The maximum Gasteiger partial charge on any atom is 0.226 e. The average Bonchev–Trinajstić information content (AvgIpc) is 2.97. The van der Waals surface area contributed by atoms with Crippen LogP contribution in [-0.2, 0) is 22.7 Å². The van der Waals surface area contributed by atoms with E-state index in [0.29, 0.717) is 37.4 Å². The zero-order valence-corrected chi connectivity index (χ0v) is 15.2. The number of hydrogen-bond donors (Lipinski definition) is 1. The number of aromatic nitrogens is 3. The summed E-state index contributed by atoms with van der Waals surface area (Å²) in [4.78, 5) is 10.00. The van der Waals surface area contributed by atoms with Gasteiger partial charge in [0, 0.05) is 24.9 Å². The average molecular weight is 356 g/mol. The lowest BCUT2D eigenvalue weighted by Gasteiger charge is -2.11. The normalized spacial score (nSPS) is 11.3. The first kappa shape index (κ1) is 18.2. The molecular weight excluding hydrogens is 332 g/mol. The highest BCUT2D eigenvalue weighted by atomic mass is 16.6. The molecule has 26 heavy (non-hydrogen) atoms. The van der Waals surface area contributed by atoms with Gasteiger partial charge in [0.05, 0.1) is 17.5 Å². The van der Waals surface area contributed by atoms with Crippen LogP contribution in [0.1, 0.15) is 26.1 Å². The minimum Gasteiger partial charge on any atom is -0.618 e. The van der Waals surface area contributed by atoms with E-state index in [1.54, 1.807) is 0 Å². The lowest BCUT2D eigenvalue weighted by Crippen LogP contribution is -2.26. The van der Waals surface area contributed by atoms with Gasteiger partial charge in [0.2, 0.25) is 11.7 Å². The zero-order valence-electron chi connectivity index (χ0n) is 15.2. The van der Waals surface area contributed by atoms with Crippen LogP contribution in [0.2, 0.25) is 0 Å². The Morgan fingerprint density at radius 2 is 2.19 bits per heavy atom. The second kappa shape index (κ2) is 8.16. The lowest BCUT2D eigenvalue weighted by molar-refractivity contribution is -0.575. The molecule has 138 valence electrons. The highest BCUT2D eigenvalue weighted by Gasteiger charge is 2.18. The third-order valence-corrected chi connectivity index (χ3v) is 4.02. The summed E-state index contributed by atoms with van der Waals surface area (Å²) in [7, 11) is 0. The summed E-state index contributed by atoms with van der Waals surface area (Å²) in [5, 5.41) is 13.2. The number of pyridine rings is 1. The standard InChI is InChI=1S/C19H24N4O3/c1-4-25-13-18-20-16-12-23(24)17-9-6-5-8-15(17)19(16)22(18)10-7-11-26-21-14(2)3/h5-6,8-9,12,21H,2,4,7,10-11,13H2,1,3H3. The summed E-state index contributed by atoms with van der Waals surface area (Å²) >= 11 is 0. The lowest BCUT2D eigenvalue weighted by atomic mass is 10.2. The van der Waals surface area contributed by atoms with Crippen LogP contribution in [0.4, 0.5) is 0 Å². The zero-order chi connectivity index (χ0) is 18.5. The number of nitrogens with one attached hydrogen (secondary N) is 1. The minimum atomic E-state index is 0.406. The van der Waals surface area contributed by atoms with Crippen LogP contribution in [0.15, 0.2) is 42.7 Å². The number of para-hydroxylation sites is 1. The van der Waals surface area contributed by atoms with Crippen LogP contribution in [0.25, 0.3) is 21.9 Å². The van der Waals surface area contributed by atoms with Crippen molar-refractivity contribution in [2.45, 2.75) is 33.4 Å². The molecule has 3 aromatic rings. The van der Waals surface area contributed by atoms with Gasteiger partial charge in [0.15, 0.2) is 5.52 Å². The number of rotatable bonds is 9. The van der Waals surface area contributed by atoms with Crippen molar-refractivity contribution in [3.8, 4) is 0 Å². The molecule has 1 aromatic carbocycles. The molecule has 0 saturated carbocycles. The summed E-state index contributed by atoms with van der Waals surface area (Å²) in [6.07, 6.45) is 2.31. The Bertz CT molecular complexity index is 920. The van der Waals surface area contributed by atoms with Crippen LogP contribution in [-0.4, -0.2) is 22.8 Å². The molecule has 0 atom stereocenters. The molecule has 1 N–H and O–H groups in total. The summed E-state index contributed by atoms with van der Waals surface area (Å²) < 4.78 is 8.56. The van der Waals surface area contributed by atoms with E-state index in [1.807, 2.05) is 38.1 Å². The third kappa shape index (κ3) is 3.79. The van der Waals surface area contributed by atoms with E-state index in [1.165, 1.54) is 6.20 Å². The van der Waals surface area contributed by atoms with Gasteiger partial charge < -0.3 is 14.5 Å². The van der Waals surface area contributed by atoms with Crippen molar-refractivity contribution in [2.75, 3.05) is 13.2 Å². The Morgan fingerprint density at radius 3 is 2.96 bits per heavy atom. The monoisotopic (exact) mass is 356 g/mol. The van der Waals surface area contributed by atoms with Gasteiger partial charge in [-0.25, -0.2) is 4.98 Å². The fourth-order valence-corrected chi connectivity index (χ4v) is 2.95. The molecule has 0 aliphatic rings. The van der Waals surface area contributed by atoms with Gasteiger partial charge in [0.1, 0.15) is 12.4 Å². The second-order valence-electron chi connectivity index (χ2n) is 6.11. The maximum absolute atomic E-state index is 12.3. The number of aryl methyl sites for hydroxylation is 1. The van der Waals surface area contributed by atoms with Gasteiger partial charge in [-0.1, -0.05) is 18.7 Å². The molecule has 0 amide bonds. The largest absolute Gasteiger partial charge is 0.618 e. The first-order chi connectivity index (χ1) is 12.6. The first-order valence-electron chi connectivity index (χ1n) is 8.73. The fraction of sp³-hybridized carbons (Fsp3) is 0.368. The summed E-state index contributed by atoms with van der Waals surface area (Å²) in [6.45, 7) is 9.79. The van der Waals surface area contributed by atoms with Gasteiger partial charge >= 0.3 is 0 Å². The summed E-state index contributed by atoms with van der Waals surface area (Å²) in [5.41, 5.74) is 5.78. The van der Waals surface area contributed by atoms with Crippen molar-refractivity contribution in [1.82, 2.24) is 15.0 Å².